The second-order valence-electron chi connectivity index (χ2n) is 8.19. The van der Waals surface area contributed by atoms with E-state index in [1.165, 1.54) is 0 Å². The lowest BCUT2D eigenvalue weighted by molar-refractivity contribution is -0.127. The first-order chi connectivity index (χ1) is 14.7. The number of carbonyl (C=O) groups excluding carboxylic acids is 1. The average Bonchev–Trinajstić information content (AvgIpc) is 3.18. The van der Waals surface area contributed by atoms with Crippen molar-refractivity contribution in [2.45, 2.75) is 24.9 Å². The molecule has 30 heavy (non-hydrogen) atoms. The van der Waals surface area contributed by atoms with Crippen molar-refractivity contribution in [1.82, 2.24) is 19.9 Å². The number of aromatic nitrogens is 3. The van der Waals surface area contributed by atoms with Crippen LogP contribution in [0.1, 0.15) is 29.5 Å². The smallest absolute Gasteiger partial charge is 0.273 e. The predicted molar refractivity (Wildman–Crippen MR) is 111 cm³/mol. The molecule has 2 aliphatic heterocycles. The molecule has 3 aliphatic rings. The van der Waals surface area contributed by atoms with Crippen molar-refractivity contribution in [2.75, 3.05) is 24.5 Å². The Bertz CT molecular complexity index is 1260. The van der Waals surface area contributed by atoms with Gasteiger partial charge in [-0.2, -0.15) is 5.26 Å². The van der Waals surface area contributed by atoms with Crippen LogP contribution in [0.3, 0.4) is 0 Å². The molecular formula is C22H19N7O. The highest BCUT2D eigenvalue weighted by Gasteiger charge is 2.54. The number of nitrogens with zero attached hydrogens (tertiary/aromatic N) is 6. The number of aliphatic imine (C=N–C) groups is 1. The van der Waals surface area contributed by atoms with E-state index in [0.29, 0.717) is 24.4 Å². The molecule has 2 fully saturated rings. The van der Waals surface area contributed by atoms with Crippen LogP contribution in [0.25, 0.3) is 11.0 Å². The zero-order valence-electron chi connectivity index (χ0n) is 16.3. The first-order valence-corrected chi connectivity index (χ1v) is 10.1. The number of piperazine rings is 1. The van der Waals surface area contributed by atoms with E-state index in [4.69, 9.17) is 5.26 Å². The molecule has 0 atom stereocenters. The van der Waals surface area contributed by atoms with Crippen LogP contribution >= 0.6 is 0 Å². The van der Waals surface area contributed by atoms with Crippen molar-refractivity contribution in [2.24, 2.45) is 4.99 Å². The van der Waals surface area contributed by atoms with Gasteiger partial charge in [0.05, 0.1) is 29.1 Å². The summed E-state index contributed by atoms with van der Waals surface area (Å²) in [4.78, 5) is 34.3. The topological polar surface area (TPSA) is 101 Å². The molecule has 8 nitrogen and oxygen atoms in total. The second kappa shape index (κ2) is 6.13. The maximum atomic E-state index is 13.5. The molecule has 6 rings (SSSR count). The van der Waals surface area contributed by atoms with E-state index >= 15 is 0 Å². The fourth-order valence-electron chi connectivity index (χ4n) is 4.74. The predicted octanol–water partition coefficient (Wildman–Crippen LogP) is 2.01. The SMILES string of the molecule is N#Cc1ccc2c(c1)CN=C2C(=O)N1CCN(c2ncnc3[nH]ccc23)CC12CC2. The third kappa shape index (κ3) is 2.45. The number of nitrogens with one attached hydrogen (secondary N) is 1. The van der Waals surface area contributed by atoms with Gasteiger partial charge >= 0.3 is 0 Å². The molecule has 1 aromatic carbocycles. The summed E-state index contributed by atoms with van der Waals surface area (Å²) in [6.45, 7) is 2.59. The van der Waals surface area contributed by atoms with E-state index in [9.17, 15) is 4.79 Å². The van der Waals surface area contributed by atoms with Crippen LogP contribution in [-0.2, 0) is 11.3 Å². The molecule has 0 unspecified atom stereocenters. The van der Waals surface area contributed by atoms with Gasteiger partial charge in [0.25, 0.3) is 5.91 Å². The van der Waals surface area contributed by atoms with Crippen molar-refractivity contribution in [3.63, 3.8) is 0 Å². The summed E-state index contributed by atoms with van der Waals surface area (Å²) in [5, 5.41) is 10.1. The highest BCUT2D eigenvalue weighted by molar-refractivity contribution is 6.46. The Labute approximate surface area is 172 Å². The van der Waals surface area contributed by atoms with Crippen LogP contribution in [0.15, 0.2) is 41.8 Å². The van der Waals surface area contributed by atoms with Crippen LogP contribution in [0, 0.1) is 11.3 Å². The minimum Gasteiger partial charge on any atom is -0.352 e. The molecule has 1 amide bonds. The Morgan fingerprint density at radius 1 is 1.20 bits per heavy atom. The van der Waals surface area contributed by atoms with E-state index in [1.807, 2.05) is 29.3 Å². The number of rotatable bonds is 2. The summed E-state index contributed by atoms with van der Waals surface area (Å²) in [6.07, 6.45) is 5.45. The van der Waals surface area contributed by atoms with E-state index in [1.54, 1.807) is 12.4 Å². The zero-order valence-corrected chi connectivity index (χ0v) is 16.3. The Hall–Kier alpha value is -3.73. The van der Waals surface area contributed by atoms with Crippen LogP contribution in [0.2, 0.25) is 0 Å². The Balaban J connectivity index is 1.27. The third-order valence-corrected chi connectivity index (χ3v) is 6.46. The van der Waals surface area contributed by atoms with Gasteiger partial charge in [0.2, 0.25) is 0 Å². The van der Waals surface area contributed by atoms with Crippen molar-refractivity contribution < 1.29 is 4.79 Å². The lowest BCUT2D eigenvalue weighted by Gasteiger charge is -2.42. The monoisotopic (exact) mass is 397 g/mol. The number of amides is 1. The van der Waals surface area contributed by atoms with Gasteiger partial charge in [-0.1, -0.05) is 6.07 Å². The van der Waals surface area contributed by atoms with Gasteiger partial charge in [0, 0.05) is 31.4 Å². The van der Waals surface area contributed by atoms with Crippen LogP contribution in [-0.4, -0.2) is 56.6 Å². The highest BCUT2D eigenvalue weighted by atomic mass is 16.2. The molecule has 1 saturated carbocycles. The molecule has 1 N–H and O–H groups in total. The van der Waals surface area contributed by atoms with E-state index in [2.05, 4.69) is 30.9 Å². The highest BCUT2D eigenvalue weighted by Crippen LogP contribution is 2.46. The van der Waals surface area contributed by atoms with Gasteiger partial charge in [0.15, 0.2) is 0 Å². The van der Waals surface area contributed by atoms with Crippen molar-refractivity contribution in [3.05, 3.63) is 53.5 Å². The summed E-state index contributed by atoms with van der Waals surface area (Å²) in [5.74, 6) is 0.928. The molecule has 0 radical (unpaired) electrons. The Kier molecular flexibility index (Phi) is 3.51. The number of H-pyrrole nitrogens is 1. The minimum absolute atomic E-state index is 0.00471. The summed E-state index contributed by atoms with van der Waals surface area (Å²) in [5.41, 5.74) is 3.63. The fraction of sp³-hybridized carbons (Fsp3) is 0.318. The average molecular weight is 397 g/mol. The van der Waals surface area contributed by atoms with E-state index < -0.39 is 0 Å². The second-order valence-corrected chi connectivity index (χ2v) is 8.19. The molecule has 2 aromatic heterocycles. The number of anilines is 1. The number of hydrogen-bond acceptors (Lipinski definition) is 6. The van der Waals surface area contributed by atoms with E-state index in [-0.39, 0.29) is 11.4 Å². The fourth-order valence-corrected chi connectivity index (χ4v) is 4.74. The van der Waals surface area contributed by atoms with Crippen LogP contribution in [0.5, 0.6) is 0 Å². The van der Waals surface area contributed by atoms with Crippen molar-refractivity contribution in [3.8, 4) is 6.07 Å². The van der Waals surface area contributed by atoms with Crippen molar-refractivity contribution in [1.29, 1.82) is 5.26 Å². The zero-order chi connectivity index (χ0) is 20.3. The molecule has 1 saturated heterocycles. The lowest BCUT2D eigenvalue weighted by Crippen LogP contribution is -2.58. The van der Waals surface area contributed by atoms with Gasteiger partial charge in [-0.3, -0.25) is 9.79 Å². The molecule has 4 heterocycles. The molecule has 8 heteroatoms. The number of fused-ring (bicyclic) bond motifs is 2. The Morgan fingerprint density at radius 2 is 2.10 bits per heavy atom. The van der Waals surface area contributed by atoms with Gasteiger partial charge in [-0.25, -0.2) is 9.97 Å². The maximum absolute atomic E-state index is 13.5. The number of aromatic amines is 1. The minimum atomic E-state index is -0.152. The molecule has 0 bridgehead atoms. The van der Waals surface area contributed by atoms with Gasteiger partial charge in [0.1, 0.15) is 23.5 Å². The van der Waals surface area contributed by atoms with Gasteiger partial charge in [-0.05, 0) is 36.6 Å². The third-order valence-electron chi connectivity index (χ3n) is 6.46. The standard InChI is InChI=1S/C22H19N7O/c23-10-14-1-2-16-15(9-14)11-25-18(16)21(30)29-8-7-28(12-22(29)4-5-22)20-17-3-6-24-19(17)26-13-27-20/h1-3,6,9,13H,4-5,7-8,11-12H2,(H,24,26,27). The molecule has 3 aromatic rings. The number of benzene rings is 1. The summed E-state index contributed by atoms with van der Waals surface area (Å²) in [7, 11) is 0. The molecular weight excluding hydrogens is 378 g/mol. The lowest BCUT2D eigenvalue weighted by atomic mass is 10.0. The first-order valence-electron chi connectivity index (χ1n) is 10.1. The maximum Gasteiger partial charge on any atom is 0.273 e. The van der Waals surface area contributed by atoms with Crippen molar-refractivity contribution >= 4 is 28.5 Å². The largest absolute Gasteiger partial charge is 0.352 e. The Morgan fingerprint density at radius 3 is 2.93 bits per heavy atom. The van der Waals surface area contributed by atoms with Crippen LogP contribution in [0.4, 0.5) is 5.82 Å². The summed E-state index contributed by atoms with van der Waals surface area (Å²) in [6, 6.07) is 9.61. The molecule has 1 spiro atoms. The molecule has 148 valence electrons. The number of carbonyl (C=O) groups is 1. The number of hydrogen-bond donors (Lipinski definition) is 1. The normalized spacial score (nSPS) is 19.0. The summed E-state index contributed by atoms with van der Waals surface area (Å²) >= 11 is 0. The first kappa shape index (κ1) is 17.2. The van der Waals surface area contributed by atoms with Gasteiger partial charge in [-0.15, -0.1) is 0 Å². The molecule has 1 aliphatic carbocycles. The summed E-state index contributed by atoms with van der Waals surface area (Å²) < 4.78 is 0. The van der Waals surface area contributed by atoms with E-state index in [0.717, 1.165) is 53.9 Å². The van der Waals surface area contributed by atoms with Gasteiger partial charge < -0.3 is 14.8 Å². The number of nitriles is 1. The van der Waals surface area contributed by atoms with Crippen LogP contribution < -0.4 is 4.90 Å². The quantitative estimate of drug-likeness (QED) is 0.713.